The number of aromatic nitrogens is 2. The lowest BCUT2D eigenvalue weighted by Crippen LogP contribution is -1.96. The lowest BCUT2D eigenvalue weighted by molar-refractivity contribution is 1.18. The number of thiophene rings is 1. The van der Waals surface area contributed by atoms with Gasteiger partial charge in [-0.05, 0) is 52.6 Å². The summed E-state index contributed by atoms with van der Waals surface area (Å²) in [6.45, 7) is 0. The summed E-state index contributed by atoms with van der Waals surface area (Å²) < 4.78 is 2.52. The maximum atomic E-state index is 9.39. The summed E-state index contributed by atoms with van der Waals surface area (Å²) in [6, 6.07) is 54.4. The first-order valence-corrected chi connectivity index (χ1v) is 15.6. The van der Waals surface area contributed by atoms with E-state index in [4.69, 9.17) is 9.97 Å². The van der Waals surface area contributed by atoms with Crippen LogP contribution in [0.4, 0.5) is 0 Å². The molecule has 3 nitrogen and oxygen atoms in total. The maximum Gasteiger partial charge on any atom is 0.160 e. The van der Waals surface area contributed by atoms with E-state index in [0.717, 1.165) is 44.8 Å². The average molecular weight is 592 g/mol. The minimum Gasteiger partial charge on any atom is -0.228 e. The molecule has 0 aliphatic heterocycles. The molecule has 0 aliphatic carbocycles. The van der Waals surface area contributed by atoms with Crippen molar-refractivity contribution in [1.82, 2.24) is 9.97 Å². The Labute approximate surface area is 265 Å². The van der Waals surface area contributed by atoms with E-state index in [1.165, 1.54) is 25.7 Å². The summed E-state index contributed by atoms with van der Waals surface area (Å²) in [7, 11) is 0. The Bertz CT molecular complexity index is 2290. The largest absolute Gasteiger partial charge is 0.228 e. The van der Waals surface area contributed by atoms with Crippen molar-refractivity contribution in [3.8, 4) is 62.2 Å². The van der Waals surface area contributed by atoms with Crippen molar-refractivity contribution in [3.63, 3.8) is 0 Å². The van der Waals surface area contributed by atoms with Crippen LogP contribution in [0.15, 0.2) is 152 Å². The summed E-state index contributed by atoms with van der Waals surface area (Å²) in [5, 5.41) is 11.9. The highest BCUT2D eigenvalue weighted by molar-refractivity contribution is 7.26. The number of rotatable bonds is 5. The lowest BCUT2D eigenvalue weighted by Gasteiger charge is -2.14. The molecule has 0 saturated heterocycles. The first kappa shape index (κ1) is 26.7. The van der Waals surface area contributed by atoms with Gasteiger partial charge >= 0.3 is 0 Å². The minimum absolute atomic E-state index is 0.654. The van der Waals surface area contributed by atoms with Crippen LogP contribution in [0.5, 0.6) is 0 Å². The standard InChI is InChI=1S/C41H25N3S/c42-26-27-15-17-28(18-16-27)33-23-24-38-40(34-13-7-8-14-37(34)45-38)39(33)31-21-19-30(20-22-31)36-25-35(29-9-3-1-4-10-29)43-41(44-36)32-11-5-2-6-12-32/h1-25H. The van der Waals surface area contributed by atoms with E-state index in [0.29, 0.717) is 11.4 Å². The molecule has 2 aromatic heterocycles. The van der Waals surface area contributed by atoms with Crippen LogP contribution < -0.4 is 0 Å². The molecular formula is C41H25N3S. The molecule has 8 rings (SSSR count). The Hall–Kier alpha value is -5.89. The fourth-order valence-electron chi connectivity index (χ4n) is 5.96. The van der Waals surface area contributed by atoms with Crippen molar-refractivity contribution in [1.29, 1.82) is 5.26 Å². The molecule has 0 spiro atoms. The molecule has 0 saturated carbocycles. The van der Waals surface area contributed by atoms with Crippen LogP contribution in [0, 0.1) is 11.3 Å². The quantitative estimate of drug-likeness (QED) is 0.200. The monoisotopic (exact) mass is 591 g/mol. The van der Waals surface area contributed by atoms with Gasteiger partial charge in [0.15, 0.2) is 5.82 Å². The molecule has 0 radical (unpaired) electrons. The second-order valence-electron chi connectivity index (χ2n) is 10.9. The van der Waals surface area contributed by atoms with Gasteiger partial charge in [0, 0.05) is 36.9 Å². The summed E-state index contributed by atoms with van der Waals surface area (Å²) in [6.07, 6.45) is 0. The van der Waals surface area contributed by atoms with E-state index in [9.17, 15) is 5.26 Å². The molecule has 0 aliphatic rings. The topological polar surface area (TPSA) is 49.6 Å². The van der Waals surface area contributed by atoms with Gasteiger partial charge in [0.2, 0.25) is 0 Å². The predicted molar refractivity (Wildman–Crippen MR) is 187 cm³/mol. The van der Waals surface area contributed by atoms with E-state index in [2.05, 4.69) is 84.9 Å². The first-order chi connectivity index (χ1) is 22.2. The summed E-state index contributed by atoms with van der Waals surface area (Å²) in [5.41, 5.74) is 10.0. The van der Waals surface area contributed by atoms with E-state index in [1.54, 1.807) is 0 Å². The Balaban J connectivity index is 1.30. The predicted octanol–water partition coefficient (Wildman–Crippen LogP) is 11.1. The van der Waals surface area contributed by atoms with Gasteiger partial charge in [-0.25, -0.2) is 9.97 Å². The maximum absolute atomic E-state index is 9.39. The van der Waals surface area contributed by atoms with Gasteiger partial charge in [0.25, 0.3) is 0 Å². The molecular weight excluding hydrogens is 567 g/mol. The van der Waals surface area contributed by atoms with Crippen LogP contribution in [-0.4, -0.2) is 9.97 Å². The Morgan fingerprint density at radius 3 is 1.76 bits per heavy atom. The number of nitriles is 1. The number of fused-ring (bicyclic) bond motifs is 3. The SMILES string of the molecule is N#Cc1ccc(-c2ccc3sc4ccccc4c3c2-c2ccc(-c3cc(-c4ccccc4)nc(-c4ccccc4)n3)cc2)cc1. The molecule has 0 amide bonds. The van der Waals surface area contributed by atoms with Gasteiger partial charge in [-0.1, -0.05) is 121 Å². The van der Waals surface area contributed by atoms with E-state index >= 15 is 0 Å². The molecule has 0 bridgehead atoms. The molecule has 8 aromatic rings. The number of hydrogen-bond donors (Lipinski definition) is 0. The third-order valence-electron chi connectivity index (χ3n) is 8.17. The molecule has 2 heterocycles. The van der Waals surface area contributed by atoms with Gasteiger partial charge in [-0.15, -0.1) is 11.3 Å². The van der Waals surface area contributed by atoms with Crippen molar-refractivity contribution < 1.29 is 0 Å². The zero-order valence-electron chi connectivity index (χ0n) is 24.2. The minimum atomic E-state index is 0.654. The van der Waals surface area contributed by atoms with Gasteiger partial charge in [0.1, 0.15) is 0 Å². The van der Waals surface area contributed by atoms with Crippen LogP contribution in [0.25, 0.3) is 76.3 Å². The number of nitrogens with zero attached hydrogens (tertiary/aromatic N) is 3. The van der Waals surface area contributed by atoms with Gasteiger partial charge in [-0.2, -0.15) is 5.26 Å². The van der Waals surface area contributed by atoms with Crippen LogP contribution >= 0.6 is 11.3 Å². The van der Waals surface area contributed by atoms with Gasteiger partial charge in [0.05, 0.1) is 23.0 Å². The van der Waals surface area contributed by atoms with Crippen LogP contribution in [0.1, 0.15) is 5.56 Å². The second-order valence-corrected chi connectivity index (χ2v) is 12.0. The number of benzene rings is 6. The highest BCUT2D eigenvalue weighted by atomic mass is 32.1. The van der Waals surface area contributed by atoms with Crippen molar-refractivity contribution >= 4 is 31.5 Å². The smallest absolute Gasteiger partial charge is 0.160 e. The van der Waals surface area contributed by atoms with Crippen LogP contribution in [-0.2, 0) is 0 Å². The third kappa shape index (κ3) is 4.96. The zero-order valence-corrected chi connectivity index (χ0v) is 25.0. The van der Waals surface area contributed by atoms with Gasteiger partial charge in [-0.3, -0.25) is 0 Å². The fourth-order valence-corrected chi connectivity index (χ4v) is 7.07. The lowest BCUT2D eigenvalue weighted by atomic mass is 9.90. The van der Waals surface area contributed by atoms with Crippen LogP contribution in [0.3, 0.4) is 0 Å². The highest BCUT2D eigenvalue weighted by Crippen LogP contribution is 2.45. The first-order valence-electron chi connectivity index (χ1n) is 14.8. The van der Waals surface area contributed by atoms with Crippen molar-refractivity contribution in [2.24, 2.45) is 0 Å². The van der Waals surface area contributed by atoms with E-state index < -0.39 is 0 Å². The Kier molecular flexibility index (Phi) is 6.72. The molecule has 6 aromatic carbocycles. The van der Waals surface area contributed by atoms with Crippen LogP contribution in [0.2, 0.25) is 0 Å². The molecule has 210 valence electrons. The van der Waals surface area contributed by atoms with Crippen molar-refractivity contribution in [3.05, 3.63) is 157 Å². The molecule has 0 atom stereocenters. The molecule has 4 heteroatoms. The third-order valence-corrected chi connectivity index (χ3v) is 9.30. The summed E-state index contributed by atoms with van der Waals surface area (Å²) >= 11 is 1.82. The highest BCUT2D eigenvalue weighted by Gasteiger charge is 2.17. The zero-order chi connectivity index (χ0) is 30.2. The second kappa shape index (κ2) is 11.3. The van der Waals surface area contributed by atoms with E-state index in [1.807, 2.05) is 84.1 Å². The average Bonchev–Trinajstić information content (AvgIpc) is 3.51. The Morgan fingerprint density at radius 2 is 1.07 bits per heavy atom. The number of hydrogen-bond acceptors (Lipinski definition) is 4. The normalized spacial score (nSPS) is 11.1. The molecule has 0 unspecified atom stereocenters. The molecule has 0 fully saturated rings. The van der Waals surface area contributed by atoms with E-state index in [-0.39, 0.29) is 0 Å². The summed E-state index contributed by atoms with van der Waals surface area (Å²) in [4.78, 5) is 9.98. The molecule has 45 heavy (non-hydrogen) atoms. The summed E-state index contributed by atoms with van der Waals surface area (Å²) in [5.74, 6) is 0.702. The Morgan fingerprint density at radius 1 is 0.489 bits per heavy atom. The van der Waals surface area contributed by atoms with Gasteiger partial charge < -0.3 is 0 Å². The van der Waals surface area contributed by atoms with Crippen molar-refractivity contribution in [2.45, 2.75) is 0 Å². The molecule has 0 N–H and O–H groups in total. The van der Waals surface area contributed by atoms with Crippen molar-refractivity contribution in [2.75, 3.05) is 0 Å². The fraction of sp³-hybridized carbons (Fsp3) is 0.